The Balaban J connectivity index is 1.68. The summed E-state index contributed by atoms with van der Waals surface area (Å²) < 4.78 is 6.10. The van der Waals surface area contributed by atoms with Crippen LogP contribution in [0.25, 0.3) is 0 Å². The lowest BCUT2D eigenvalue weighted by molar-refractivity contribution is 0.0134. The van der Waals surface area contributed by atoms with Gasteiger partial charge in [0, 0.05) is 12.6 Å². The van der Waals surface area contributed by atoms with Crippen molar-refractivity contribution in [2.75, 3.05) is 32.8 Å². The predicted molar refractivity (Wildman–Crippen MR) is 85.1 cm³/mol. The molecule has 1 saturated heterocycles. The Morgan fingerprint density at radius 2 is 1.75 bits per heavy atom. The molecule has 0 unspecified atom stereocenters. The molecule has 1 heterocycles. The zero-order chi connectivity index (χ0) is 14.2. The first-order chi connectivity index (χ1) is 9.75. The average Bonchev–Trinajstić information content (AvgIpc) is 2.97. The molecule has 118 valence electrons. The molecule has 1 aliphatic carbocycles. The highest BCUT2D eigenvalue weighted by Crippen LogP contribution is 2.24. The number of nitrogens with zero attached hydrogens (tertiary/aromatic N) is 1. The van der Waals surface area contributed by atoms with Crippen molar-refractivity contribution in [1.29, 1.82) is 0 Å². The fourth-order valence-electron chi connectivity index (χ4n) is 3.47. The maximum Gasteiger partial charge on any atom is 0.0600 e. The summed E-state index contributed by atoms with van der Waals surface area (Å²) >= 11 is 0. The Labute approximate surface area is 125 Å². The van der Waals surface area contributed by atoms with Gasteiger partial charge in [-0.15, -0.1) is 0 Å². The molecule has 2 fully saturated rings. The van der Waals surface area contributed by atoms with Gasteiger partial charge in [0.25, 0.3) is 0 Å². The molecule has 0 aromatic heterocycles. The van der Waals surface area contributed by atoms with Crippen LogP contribution < -0.4 is 5.32 Å². The first-order valence-electron chi connectivity index (χ1n) is 8.82. The molecule has 0 spiro atoms. The van der Waals surface area contributed by atoms with Gasteiger partial charge in [-0.3, -0.25) is 4.90 Å². The molecular weight excluding hydrogens is 248 g/mol. The topological polar surface area (TPSA) is 24.5 Å². The van der Waals surface area contributed by atoms with Crippen molar-refractivity contribution in [3.8, 4) is 0 Å². The Morgan fingerprint density at radius 3 is 2.40 bits per heavy atom. The second-order valence-electron chi connectivity index (χ2n) is 6.98. The zero-order valence-corrected chi connectivity index (χ0v) is 13.6. The second kappa shape index (κ2) is 9.01. The summed E-state index contributed by atoms with van der Waals surface area (Å²) in [5.41, 5.74) is 0. The van der Waals surface area contributed by atoms with E-state index in [4.69, 9.17) is 4.74 Å². The highest BCUT2D eigenvalue weighted by Gasteiger charge is 2.22. The van der Waals surface area contributed by atoms with Crippen molar-refractivity contribution in [2.24, 2.45) is 5.92 Å². The molecule has 0 radical (unpaired) electrons. The first kappa shape index (κ1) is 16.3. The summed E-state index contributed by atoms with van der Waals surface area (Å²) in [4.78, 5) is 2.72. The smallest absolute Gasteiger partial charge is 0.0600 e. The van der Waals surface area contributed by atoms with Gasteiger partial charge in [-0.2, -0.15) is 0 Å². The van der Waals surface area contributed by atoms with Crippen molar-refractivity contribution < 1.29 is 4.74 Å². The third kappa shape index (κ3) is 5.71. The van der Waals surface area contributed by atoms with E-state index in [0.29, 0.717) is 6.10 Å². The van der Waals surface area contributed by atoms with Crippen molar-refractivity contribution in [3.63, 3.8) is 0 Å². The number of nitrogens with one attached hydrogen (secondary N) is 1. The normalized spacial score (nSPS) is 22.2. The Hall–Kier alpha value is -0.120. The molecule has 0 atom stereocenters. The van der Waals surface area contributed by atoms with Crippen LogP contribution in [0.5, 0.6) is 0 Å². The van der Waals surface area contributed by atoms with Gasteiger partial charge < -0.3 is 10.1 Å². The second-order valence-corrected chi connectivity index (χ2v) is 6.98. The van der Waals surface area contributed by atoms with Crippen LogP contribution in [0.15, 0.2) is 0 Å². The van der Waals surface area contributed by atoms with Crippen LogP contribution in [0.4, 0.5) is 0 Å². The van der Waals surface area contributed by atoms with Gasteiger partial charge >= 0.3 is 0 Å². The Bertz CT molecular complexity index is 245. The van der Waals surface area contributed by atoms with Crippen LogP contribution >= 0.6 is 0 Å². The Morgan fingerprint density at radius 1 is 1.05 bits per heavy atom. The summed E-state index contributed by atoms with van der Waals surface area (Å²) in [7, 11) is 0. The molecule has 0 bridgehead atoms. The van der Waals surface area contributed by atoms with Crippen molar-refractivity contribution in [2.45, 2.75) is 70.9 Å². The van der Waals surface area contributed by atoms with E-state index >= 15 is 0 Å². The Kier molecular flexibility index (Phi) is 7.32. The number of ether oxygens (including phenoxy) is 1. The SMILES string of the molecule is CC(C)CCN(CCOC1CCNCC1)C1CCCC1. The molecule has 3 nitrogen and oxygen atoms in total. The van der Waals surface area contributed by atoms with Crippen LogP contribution in [0.3, 0.4) is 0 Å². The van der Waals surface area contributed by atoms with Gasteiger partial charge in [0.05, 0.1) is 12.7 Å². The summed E-state index contributed by atoms with van der Waals surface area (Å²) in [6.45, 7) is 10.3. The lowest BCUT2D eigenvalue weighted by atomic mass is 10.1. The van der Waals surface area contributed by atoms with Gasteiger partial charge in [0.1, 0.15) is 0 Å². The number of piperidine rings is 1. The number of hydrogen-bond acceptors (Lipinski definition) is 3. The van der Waals surface area contributed by atoms with Crippen molar-refractivity contribution in [3.05, 3.63) is 0 Å². The maximum absolute atomic E-state index is 6.10. The number of rotatable bonds is 8. The van der Waals surface area contributed by atoms with Crippen LogP contribution in [0.1, 0.15) is 58.8 Å². The minimum Gasteiger partial charge on any atom is -0.377 e. The predicted octanol–water partition coefficient (Wildman–Crippen LogP) is 3.05. The van der Waals surface area contributed by atoms with Gasteiger partial charge in [0.15, 0.2) is 0 Å². The maximum atomic E-state index is 6.10. The molecule has 2 aliphatic rings. The standard InChI is InChI=1S/C17H34N2O/c1-15(2)9-12-19(16-5-3-4-6-16)13-14-20-17-7-10-18-11-8-17/h15-18H,3-14H2,1-2H3. The van der Waals surface area contributed by atoms with E-state index in [2.05, 4.69) is 24.1 Å². The third-order valence-electron chi connectivity index (χ3n) is 4.85. The molecule has 2 rings (SSSR count). The van der Waals surface area contributed by atoms with Gasteiger partial charge in [-0.25, -0.2) is 0 Å². The van der Waals surface area contributed by atoms with E-state index in [1.54, 1.807) is 0 Å². The summed E-state index contributed by atoms with van der Waals surface area (Å²) in [5, 5.41) is 3.40. The van der Waals surface area contributed by atoms with Gasteiger partial charge in [-0.05, 0) is 57.7 Å². The lowest BCUT2D eigenvalue weighted by Crippen LogP contribution is -2.39. The van der Waals surface area contributed by atoms with Crippen molar-refractivity contribution >= 4 is 0 Å². The quantitative estimate of drug-likeness (QED) is 0.740. The largest absolute Gasteiger partial charge is 0.377 e. The van der Waals surface area contributed by atoms with Gasteiger partial charge in [0.2, 0.25) is 0 Å². The molecule has 0 amide bonds. The van der Waals surface area contributed by atoms with Gasteiger partial charge in [-0.1, -0.05) is 26.7 Å². The van der Waals surface area contributed by atoms with E-state index in [1.807, 2.05) is 0 Å². The van der Waals surface area contributed by atoms with E-state index in [-0.39, 0.29) is 0 Å². The summed E-state index contributed by atoms with van der Waals surface area (Å²) in [6, 6.07) is 0.838. The van der Waals surface area contributed by atoms with E-state index in [0.717, 1.165) is 38.2 Å². The van der Waals surface area contributed by atoms with E-state index in [9.17, 15) is 0 Å². The molecule has 3 heteroatoms. The van der Waals surface area contributed by atoms with E-state index < -0.39 is 0 Å². The molecular formula is C17H34N2O. The highest BCUT2D eigenvalue weighted by atomic mass is 16.5. The minimum absolute atomic E-state index is 0.506. The van der Waals surface area contributed by atoms with Crippen LogP contribution in [-0.2, 0) is 4.74 Å². The summed E-state index contributed by atoms with van der Waals surface area (Å²) in [6.07, 6.45) is 9.88. The highest BCUT2D eigenvalue weighted by molar-refractivity contribution is 4.78. The molecule has 0 aromatic carbocycles. The average molecular weight is 282 g/mol. The minimum atomic E-state index is 0.506. The van der Waals surface area contributed by atoms with Crippen LogP contribution in [0, 0.1) is 5.92 Å². The summed E-state index contributed by atoms with van der Waals surface area (Å²) in [5.74, 6) is 0.809. The molecule has 1 N–H and O–H groups in total. The third-order valence-corrected chi connectivity index (χ3v) is 4.85. The fourth-order valence-corrected chi connectivity index (χ4v) is 3.47. The van der Waals surface area contributed by atoms with Crippen LogP contribution in [0.2, 0.25) is 0 Å². The molecule has 1 saturated carbocycles. The zero-order valence-electron chi connectivity index (χ0n) is 13.6. The molecule has 20 heavy (non-hydrogen) atoms. The molecule has 0 aromatic rings. The first-order valence-corrected chi connectivity index (χ1v) is 8.82. The fraction of sp³-hybridized carbons (Fsp3) is 1.00. The van der Waals surface area contributed by atoms with Crippen LogP contribution in [-0.4, -0.2) is 49.8 Å². The van der Waals surface area contributed by atoms with Crippen molar-refractivity contribution in [1.82, 2.24) is 10.2 Å². The monoisotopic (exact) mass is 282 g/mol. The lowest BCUT2D eigenvalue weighted by Gasteiger charge is -2.30. The number of hydrogen-bond donors (Lipinski definition) is 1. The van der Waals surface area contributed by atoms with E-state index in [1.165, 1.54) is 51.5 Å². The molecule has 1 aliphatic heterocycles.